The fraction of sp³-hybridized carbons (Fsp3) is 0.467. The molecule has 0 saturated heterocycles. The summed E-state index contributed by atoms with van der Waals surface area (Å²) in [4.78, 5) is 21.7. The molecule has 2 N–H and O–H groups in total. The van der Waals surface area contributed by atoms with Gasteiger partial charge in [0.15, 0.2) is 0 Å². The van der Waals surface area contributed by atoms with Gasteiger partial charge in [0.05, 0.1) is 6.42 Å². The Labute approximate surface area is 113 Å². The van der Waals surface area contributed by atoms with Crippen molar-refractivity contribution in [1.82, 2.24) is 5.32 Å². The van der Waals surface area contributed by atoms with E-state index in [1.54, 1.807) is 0 Å². The van der Waals surface area contributed by atoms with Crippen molar-refractivity contribution in [2.24, 2.45) is 0 Å². The van der Waals surface area contributed by atoms with Crippen molar-refractivity contribution in [1.29, 1.82) is 0 Å². The molecule has 4 nitrogen and oxygen atoms in total. The molecule has 0 radical (unpaired) electrons. The molecule has 0 bridgehead atoms. The molecule has 4 heteroatoms. The molecule has 0 saturated carbocycles. The van der Waals surface area contributed by atoms with E-state index in [9.17, 15) is 9.59 Å². The number of aliphatic carboxylic acids is 1. The van der Waals surface area contributed by atoms with Gasteiger partial charge in [-0.3, -0.25) is 9.59 Å². The molecular weight excluding hydrogens is 242 g/mol. The van der Waals surface area contributed by atoms with Crippen LogP contribution in [0.3, 0.4) is 0 Å². The predicted molar refractivity (Wildman–Crippen MR) is 73.9 cm³/mol. The van der Waals surface area contributed by atoms with Crippen molar-refractivity contribution >= 4 is 11.9 Å². The number of hydrogen-bond acceptors (Lipinski definition) is 2. The third kappa shape index (κ3) is 5.55. The van der Waals surface area contributed by atoms with Crippen molar-refractivity contribution in [3.63, 3.8) is 0 Å². The van der Waals surface area contributed by atoms with Crippen molar-refractivity contribution in [2.75, 3.05) is 0 Å². The summed E-state index contributed by atoms with van der Waals surface area (Å²) in [6.45, 7) is 4.78. The number of rotatable bonds is 7. The van der Waals surface area contributed by atoms with Gasteiger partial charge in [0.2, 0.25) is 5.91 Å². The van der Waals surface area contributed by atoms with E-state index >= 15 is 0 Å². The first-order valence-corrected chi connectivity index (χ1v) is 6.60. The maximum Gasteiger partial charge on any atom is 0.303 e. The van der Waals surface area contributed by atoms with Crippen LogP contribution in [0.1, 0.15) is 50.2 Å². The average Bonchev–Trinajstić information content (AvgIpc) is 2.42. The first-order chi connectivity index (χ1) is 9.02. The minimum atomic E-state index is -0.951. The average molecular weight is 263 g/mol. The molecule has 1 unspecified atom stereocenters. The van der Waals surface area contributed by atoms with Crippen LogP contribution in [0.15, 0.2) is 24.3 Å². The number of amides is 1. The highest BCUT2D eigenvalue weighted by Crippen LogP contribution is 2.18. The Morgan fingerprint density at radius 3 is 2.37 bits per heavy atom. The molecule has 1 aromatic carbocycles. The zero-order chi connectivity index (χ0) is 14.3. The Balaban J connectivity index is 2.41. The fourth-order valence-electron chi connectivity index (χ4n) is 1.71. The molecule has 0 fully saturated rings. The van der Waals surface area contributed by atoms with Gasteiger partial charge in [-0.2, -0.15) is 0 Å². The number of carbonyl (C=O) groups is 2. The maximum absolute atomic E-state index is 11.4. The van der Waals surface area contributed by atoms with Crippen LogP contribution in [0.2, 0.25) is 0 Å². The number of nitrogens with one attached hydrogen (secondary N) is 1. The quantitative estimate of drug-likeness (QED) is 0.794. The van der Waals surface area contributed by atoms with E-state index in [1.165, 1.54) is 5.56 Å². The van der Waals surface area contributed by atoms with Crippen molar-refractivity contribution < 1.29 is 14.7 Å². The Morgan fingerprint density at radius 1 is 1.21 bits per heavy atom. The molecule has 0 aliphatic heterocycles. The van der Waals surface area contributed by atoms with Crippen LogP contribution in [0.4, 0.5) is 0 Å². The molecule has 1 atom stereocenters. The summed E-state index contributed by atoms with van der Waals surface area (Å²) in [6, 6.07) is 8.15. The number of carboxylic acids is 1. The molecule has 0 spiro atoms. The van der Waals surface area contributed by atoms with E-state index < -0.39 is 5.97 Å². The lowest BCUT2D eigenvalue weighted by Crippen LogP contribution is -2.23. The minimum Gasteiger partial charge on any atom is -0.481 e. The van der Waals surface area contributed by atoms with Gasteiger partial charge >= 0.3 is 5.97 Å². The van der Waals surface area contributed by atoms with E-state index in [0.717, 1.165) is 12.0 Å². The SMILES string of the molecule is CCC(C)c1ccc(CNC(=O)CCC(=O)O)cc1. The number of benzene rings is 1. The summed E-state index contributed by atoms with van der Waals surface area (Å²) >= 11 is 0. The molecule has 1 aromatic rings. The van der Waals surface area contributed by atoms with Gasteiger partial charge in [0.25, 0.3) is 0 Å². The lowest BCUT2D eigenvalue weighted by atomic mass is 9.98. The summed E-state index contributed by atoms with van der Waals surface area (Å²) < 4.78 is 0. The van der Waals surface area contributed by atoms with E-state index in [0.29, 0.717) is 12.5 Å². The topological polar surface area (TPSA) is 66.4 Å². The van der Waals surface area contributed by atoms with Crippen LogP contribution >= 0.6 is 0 Å². The Bertz CT molecular complexity index is 426. The van der Waals surface area contributed by atoms with Gasteiger partial charge < -0.3 is 10.4 Å². The van der Waals surface area contributed by atoms with Crippen LogP contribution in [0.5, 0.6) is 0 Å². The molecule has 1 amide bonds. The lowest BCUT2D eigenvalue weighted by Gasteiger charge is -2.10. The second-order valence-corrected chi connectivity index (χ2v) is 4.72. The van der Waals surface area contributed by atoms with Crippen LogP contribution in [0, 0.1) is 0 Å². The van der Waals surface area contributed by atoms with Gasteiger partial charge in [0, 0.05) is 13.0 Å². The highest BCUT2D eigenvalue weighted by atomic mass is 16.4. The highest BCUT2D eigenvalue weighted by Gasteiger charge is 2.06. The summed E-state index contributed by atoms with van der Waals surface area (Å²) in [5, 5.41) is 11.2. The first kappa shape index (κ1) is 15.2. The summed E-state index contributed by atoms with van der Waals surface area (Å²) in [5.74, 6) is -0.638. The van der Waals surface area contributed by atoms with Gasteiger partial charge in [-0.15, -0.1) is 0 Å². The number of carbonyl (C=O) groups excluding carboxylic acids is 1. The van der Waals surface area contributed by atoms with Crippen molar-refractivity contribution in [3.05, 3.63) is 35.4 Å². The molecule has 0 heterocycles. The molecule has 0 aliphatic carbocycles. The normalized spacial score (nSPS) is 11.9. The molecule has 0 aromatic heterocycles. The van der Waals surface area contributed by atoms with Gasteiger partial charge in [-0.05, 0) is 23.5 Å². The maximum atomic E-state index is 11.4. The summed E-state index contributed by atoms with van der Waals surface area (Å²) in [7, 11) is 0. The summed E-state index contributed by atoms with van der Waals surface area (Å²) in [5.41, 5.74) is 2.32. The predicted octanol–water partition coefficient (Wildman–Crippen LogP) is 2.68. The zero-order valence-corrected chi connectivity index (χ0v) is 11.5. The summed E-state index contributed by atoms with van der Waals surface area (Å²) in [6.07, 6.45) is 1.00. The minimum absolute atomic E-state index is 0.0281. The second kappa shape index (κ2) is 7.56. The van der Waals surface area contributed by atoms with E-state index in [-0.39, 0.29) is 18.7 Å². The van der Waals surface area contributed by atoms with Crippen LogP contribution in [-0.2, 0) is 16.1 Å². The van der Waals surface area contributed by atoms with E-state index in [2.05, 4.69) is 31.3 Å². The highest BCUT2D eigenvalue weighted by molar-refractivity contribution is 5.80. The van der Waals surface area contributed by atoms with Crippen molar-refractivity contribution in [2.45, 2.75) is 45.6 Å². The standard InChI is InChI=1S/C15H21NO3/c1-3-11(2)13-6-4-12(5-7-13)10-16-14(17)8-9-15(18)19/h4-7,11H,3,8-10H2,1-2H3,(H,16,17)(H,18,19). The van der Waals surface area contributed by atoms with Gasteiger partial charge in [0.1, 0.15) is 0 Å². The van der Waals surface area contributed by atoms with Gasteiger partial charge in [-0.25, -0.2) is 0 Å². The Hall–Kier alpha value is -1.84. The van der Waals surface area contributed by atoms with E-state index in [1.807, 2.05) is 12.1 Å². The van der Waals surface area contributed by atoms with Crippen LogP contribution in [0.25, 0.3) is 0 Å². The van der Waals surface area contributed by atoms with Crippen LogP contribution in [-0.4, -0.2) is 17.0 Å². The molecule has 0 aliphatic rings. The van der Waals surface area contributed by atoms with E-state index in [4.69, 9.17) is 5.11 Å². The molecule has 19 heavy (non-hydrogen) atoms. The Morgan fingerprint density at radius 2 is 1.84 bits per heavy atom. The monoisotopic (exact) mass is 263 g/mol. The molecule has 104 valence electrons. The smallest absolute Gasteiger partial charge is 0.303 e. The largest absolute Gasteiger partial charge is 0.481 e. The first-order valence-electron chi connectivity index (χ1n) is 6.60. The fourth-order valence-corrected chi connectivity index (χ4v) is 1.71. The van der Waals surface area contributed by atoms with Gasteiger partial charge in [-0.1, -0.05) is 38.1 Å². The number of hydrogen-bond donors (Lipinski definition) is 2. The third-order valence-electron chi connectivity index (χ3n) is 3.22. The molecular formula is C15H21NO3. The third-order valence-corrected chi connectivity index (χ3v) is 3.22. The Kier molecular flexibility index (Phi) is 6.06. The van der Waals surface area contributed by atoms with Crippen molar-refractivity contribution in [3.8, 4) is 0 Å². The zero-order valence-electron chi connectivity index (χ0n) is 11.5. The second-order valence-electron chi connectivity index (χ2n) is 4.72. The van der Waals surface area contributed by atoms with Crippen LogP contribution < -0.4 is 5.32 Å². The lowest BCUT2D eigenvalue weighted by molar-refractivity contribution is -0.138. The molecule has 1 rings (SSSR count). The number of carboxylic acid groups (broad SMARTS) is 1.